The lowest BCUT2D eigenvalue weighted by Crippen LogP contribution is -2.51. The molecule has 0 atom stereocenters. The maximum Gasteiger partial charge on any atom is 0.236 e. The third-order valence-corrected chi connectivity index (χ3v) is 5.18. The van der Waals surface area contributed by atoms with Crippen molar-refractivity contribution in [1.82, 2.24) is 14.7 Å². The van der Waals surface area contributed by atoms with Gasteiger partial charge in [0.2, 0.25) is 5.91 Å². The standard InChI is InChI=1S/C19H28FN3O2/c1-21-10-12-23(13-11-21)19(24)14-22-8-6-17(7-9-22)25-15-16-4-2-3-5-18(16)20/h2-5,17H,6-15H2,1H3. The molecule has 1 aromatic rings. The maximum absolute atomic E-state index is 13.6. The van der Waals surface area contributed by atoms with Gasteiger partial charge < -0.3 is 14.5 Å². The summed E-state index contributed by atoms with van der Waals surface area (Å²) in [5.41, 5.74) is 0.607. The molecule has 1 aromatic carbocycles. The molecule has 2 fully saturated rings. The summed E-state index contributed by atoms with van der Waals surface area (Å²) in [6.45, 7) is 6.12. The van der Waals surface area contributed by atoms with Crippen LogP contribution in [0.3, 0.4) is 0 Å². The molecule has 2 saturated heterocycles. The number of carbonyl (C=O) groups excluding carboxylic acids is 1. The molecule has 25 heavy (non-hydrogen) atoms. The Morgan fingerprint density at radius 3 is 2.48 bits per heavy atom. The largest absolute Gasteiger partial charge is 0.373 e. The lowest BCUT2D eigenvalue weighted by atomic mass is 10.1. The van der Waals surface area contributed by atoms with E-state index in [2.05, 4.69) is 16.8 Å². The Bertz CT molecular complexity index is 568. The van der Waals surface area contributed by atoms with Crippen molar-refractivity contribution in [3.8, 4) is 0 Å². The Hall–Kier alpha value is -1.50. The highest BCUT2D eigenvalue weighted by molar-refractivity contribution is 5.78. The van der Waals surface area contributed by atoms with Gasteiger partial charge in [-0.2, -0.15) is 0 Å². The molecule has 138 valence electrons. The van der Waals surface area contributed by atoms with Gasteiger partial charge in [-0.25, -0.2) is 4.39 Å². The molecule has 0 radical (unpaired) electrons. The van der Waals surface area contributed by atoms with Crippen molar-refractivity contribution in [2.45, 2.75) is 25.6 Å². The van der Waals surface area contributed by atoms with Crippen molar-refractivity contribution in [2.75, 3.05) is 52.9 Å². The van der Waals surface area contributed by atoms with E-state index in [1.807, 2.05) is 11.0 Å². The maximum atomic E-state index is 13.6. The smallest absolute Gasteiger partial charge is 0.236 e. The van der Waals surface area contributed by atoms with E-state index in [9.17, 15) is 9.18 Å². The van der Waals surface area contributed by atoms with E-state index in [-0.39, 0.29) is 17.8 Å². The van der Waals surface area contributed by atoms with E-state index >= 15 is 0 Å². The normalized spacial score (nSPS) is 20.8. The molecule has 0 saturated carbocycles. The second-order valence-corrected chi connectivity index (χ2v) is 7.06. The van der Waals surface area contributed by atoms with E-state index in [4.69, 9.17) is 4.74 Å². The van der Waals surface area contributed by atoms with Crippen LogP contribution in [0.5, 0.6) is 0 Å². The van der Waals surface area contributed by atoms with Crippen LogP contribution in [0.2, 0.25) is 0 Å². The van der Waals surface area contributed by atoms with Crippen LogP contribution in [-0.4, -0.2) is 79.6 Å². The monoisotopic (exact) mass is 349 g/mol. The van der Waals surface area contributed by atoms with E-state index in [1.165, 1.54) is 6.07 Å². The van der Waals surface area contributed by atoms with Gasteiger partial charge in [0.1, 0.15) is 5.82 Å². The fourth-order valence-electron chi connectivity index (χ4n) is 3.40. The van der Waals surface area contributed by atoms with Crippen molar-refractivity contribution in [3.63, 3.8) is 0 Å². The molecule has 1 amide bonds. The third kappa shape index (κ3) is 5.23. The number of ether oxygens (including phenoxy) is 1. The van der Waals surface area contributed by atoms with Gasteiger partial charge in [-0.15, -0.1) is 0 Å². The predicted molar refractivity (Wildman–Crippen MR) is 94.7 cm³/mol. The number of benzene rings is 1. The lowest BCUT2D eigenvalue weighted by molar-refractivity contribution is -0.134. The summed E-state index contributed by atoms with van der Waals surface area (Å²) in [6.07, 6.45) is 1.93. The van der Waals surface area contributed by atoms with E-state index in [0.29, 0.717) is 18.7 Å². The zero-order valence-electron chi connectivity index (χ0n) is 15.0. The molecule has 2 aliphatic rings. The molecule has 0 unspecified atom stereocenters. The number of piperidine rings is 1. The first-order valence-corrected chi connectivity index (χ1v) is 9.15. The van der Waals surface area contributed by atoms with Crippen molar-refractivity contribution in [3.05, 3.63) is 35.6 Å². The fraction of sp³-hybridized carbons (Fsp3) is 0.632. The predicted octanol–water partition coefficient (Wildman–Crippen LogP) is 1.58. The van der Waals surface area contributed by atoms with E-state index < -0.39 is 0 Å². The first kappa shape index (κ1) is 18.3. The first-order valence-electron chi connectivity index (χ1n) is 9.15. The molecule has 0 aliphatic carbocycles. The van der Waals surface area contributed by atoms with Gasteiger partial charge in [0, 0.05) is 44.8 Å². The average Bonchev–Trinajstić information content (AvgIpc) is 2.63. The van der Waals surface area contributed by atoms with Crippen LogP contribution in [0.4, 0.5) is 4.39 Å². The van der Waals surface area contributed by atoms with E-state index in [0.717, 1.165) is 52.1 Å². The zero-order chi connectivity index (χ0) is 17.6. The average molecular weight is 349 g/mol. The van der Waals surface area contributed by atoms with Gasteiger partial charge in [0.25, 0.3) is 0 Å². The van der Waals surface area contributed by atoms with Crippen molar-refractivity contribution in [1.29, 1.82) is 0 Å². The second kappa shape index (κ2) is 8.74. The molecule has 2 heterocycles. The first-order chi connectivity index (χ1) is 12.1. The molecule has 6 heteroatoms. The molecule has 0 aromatic heterocycles. The van der Waals surface area contributed by atoms with Crippen LogP contribution in [0.1, 0.15) is 18.4 Å². The quantitative estimate of drug-likeness (QED) is 0.809. The number of hydrogen-bond acceptors (Lipinski definition) is 4. The third-order valence-electron chi connectivity index (χ3n) is 5.18. The zero-order valence-corrected chi connectivity index (χ0v) is 15.0. The topological polar surface area (TPSA) is 36.0 Å². The molecule has 5 nitrogen and oxygen atoms in total. The van der Waals surface area contributed by atoms with Gasteiger partial charge in [-0.05, 0) is 26.0 Å². The Labute approximate surface area is 149 Å². The van der Waals surface area contributed by atoms with Crippen LogP contribution < -0.4 is 0 Å². The summed E-state index contributed by atoms with van der Waals surface area (Å²) in [7, 11) is 2.09. The van der Waals surface area contributed by atoms with Gasteiger partial charge >= 0.3 is 0 Å². The van der Waals surface area contributed by atoms with Crippen LogP contribution in [0.15, 0.2) is 24.3 Å². The molecular weight excluding hydrogens is 321 g/mol. The van der Waals surface area contributed by atoms with Crippen molar-refractivity contribution < 1.29 is 13.9 Å². The number of piperazine rings is 1. The Morgan fingerprint density at radius 2 is 1.80 bits per heavy atom. The number of likely N-dealkylation sites (N-methyl/N-ethyl adjacent to an activating group) is 1. The van der Waals surface area contributed by atoms with Crippen molar-refractivity contribution >= 4 is 5.91 Å². The second-order valence-electron chi connectivity index (χ2n) is 7.06. The number of likely N-dealkylation sites (tertiary alicyclic amines) is 1. The molecule has 2 aliphatic heterocycles. The molecule has 0 bridgehead atoms. The summed E-state index contributed by atoms with van der Waals surface area (Å²) in [5.74, 6) is 0.0246. The van der Waals surface area contributed by atoms with Gasteiger partial charge in [-0.1, -0.05) is 18.2 Å². The summed E-state index contributed by atoms with van der Waals surface area (Å²) in [4.78, 5) is 18.8. The van der Waals surface area contributed by atoms with Crippen molar-refractivity contribution in [2.24, 2.45) is 0 Å². The number of amides is 1. The highest BCUT2D eigenvalue weighted by Gasteiger charge is 2.25. The lowest BCUT2D eigenvalue weighted by Gasteiger charge is -2.36. The highest BCUT2D eigenvalue weighted by atomic mass is 19.1. The summed E-state index contributed by atoms with van der Waals surface area (Å²) in [5, 5.41) is 0. The summed E-state index contributed by atoms with van der Waals surface area (Å²) < 4.78 is 19.5. The number of hydrogen-bond donors (Lipinski definition) is 0. The fourth-order valence-corrected chi connectivity index (χ4v) is 3.40. The molecular formula is C19H28FN3O2. The minimum absolute atomic E-state index is 0.148. The van der Waals surface area contributed by atoms with Crippen LogP contribution in [0, 0.1) is 5.82 Å². The number of nitrogens with zero attached hydrogens (tertiary/aromatic N) is 3. The Morgan fingerprint density at radius 1 is 1.12 bits per heavy atom. The molecule has 0 N–H and O–H groups in total. The van der Waals surface area contributed by atoms with Crippen LogP contribution in [0.25, 0.3) is 0 Å². The van der Waals surface area contributed by atoms with E-state index in [1.54, 1.807) is 12.1 Å². The molecule has 3 rings (SSSR count). The number of halogens is 1. The highest BCUT2D eigenvalue weighted by Crippen LogP contribution is 2.17. The molecule has 0 spiro atoms. The summed E-state index contributed by atoms with van der Waals surface area (Å²) in [6, 6.07) is 6.74. The Kier molecular flexibility index (Phi) is 6.39. The van der Waals surface area contributed by atoms with Crippen LogP contribution in [-0.2, 0) is 16.1 Å². The number of rotatable bonds is 5. The minimum atomic E-state index is -0.210. The Balaban J connectivity index is 1.37. The minimum Gasteiger partial charge on any atom is -0.373 e. The SMILES string of the molecule is CN1CCN(C(=O)CN2CCC(OCc3ccccc3F)CC2)CC1. The van der Waals surface area contributed by atoms with Crippen LogP contribution >= 0.6 is 0 Å². The summed E-state index contributed by atoms with van der Waals surface area (Å²) >= 11 is 0. The van der Waals surface area contributed by atoms with Gasteiger partial charge in [-0.3, -0.25) is 9.69 Å². The van der Waals surface area contributed by atoms with Gasteiger partial charge in [0.05, 0.1) is 19.3 Å². The number of carbonyl (C=O) groups is 1. The van der Waals surface area contributed by atoms with Gasteiger partial charge in [0.15, 0.2) is 0 Å².